The predicted octanol–water partition coefficient (Wildman–Crippen LogP) is 2.48. The van der Waals surface area contributed by atoms with Crippen LogP contribution >= 0.6 is 0 Å². The number of nitrogens with one attached hydrogen (secondary N) is 2. The van der Waals surface area contributed by atoms with Gasteiger partial charge in [0.05, 0.1) is 17.9 Å². The average molecular weight is 378 g/mol. The van der Waals surface area contributed by atoms with Crippen molar-refractivity contribution in [2.45, 2.75) is 17.9 Å². The van der Waals surface area contributed by atoms with Crippen molar-refractivity contribution in [2.24, 2.45) is 0 Å². The smallest absolute Gasteiger partial charge is 0.335 e. The number of carboxylic acids is 1. The zero-order valence-electron chi connectivity index (χ0n) is 14.6. The molecule has 8 heteroatoms. The van der Waals surface area contributed by atoms with Gasteiger partial charge in [0.15, 0.2) is 0 Å². The highest BCUT2D eigenvalue weighted by Gasteiger charge is 2.21. The highest BCUT2D eigenvalue weighted by molar-refractivity contribution is 7.89. The fraction of sp³-hybridized carbons (Fsp3) is 0.278. The van der Waals surface area contributed by atoms with Crippen molar-refractivity contribution in [1.82, 2.24) is 4.72 Å². The first-order chi connectivity index (χ1) is 12.3. The first-order valence-electron chi connectivity index (χ1n) is 8.02. The largest absolute Gasteiger partial charge is 0.478 e. The number of sulfonamides is 1. The van der Waals surface area contributed by atoms with Crippen LogP contribution in [-0.2, 0) is 14.8 Å². The number of carboxylic acid groups (broad SMARTS) is 1. The fourth-order valence-corrected chi connectivity index (χ4v) is 3.62. The molecule has 0 spiro atoms. The third-order valence-electron chi connectivity index (χ3n) is 3.79. The molecule has 0 aliphatic heterocycles. The van der Waals surface area contributed by atoms with E-state index in [0.717, 1.165) is 11.6 Å². The van der Waals surface area contributed by atoms with Gasteiger partial charge in [0.2, 0.25) is 10.0 Å². The number of hydrogen-bond donors (Lipinski definition) is 3. The minimum absolute atomic E-state index is 0.0871. The normalized spacial score (nSPS) is 12.5. The lowest BCUT2D eigenvalue weighted by Crippen LogP contribution is -2.28. The van der Waals surface area contributed by atoms with Gasteiger partial charge in [-0.3, -0.25) is 0 Å². The first kappa shape index (κ1) is 19.9. The zero-order chi connectivity index (χ0) is 19.2. The van der Waals surface area contributed by atoms with Crippen LogP contribution in [0.4, 0.5) is 5.69 Å². The second kappa shape index (κ2) is 8.79. The summed E-state index contributed by atoms with van der Waals surface area (Å²) < 4.78 is 32.5. The van der Waals surface area contributed by atoms with E-state index in [1.54, 1.807) is 0 Å². The van der Waals surface area contributed by atoms with Crippen LogP contribution in [0.15, 0.2) is 53.4 Å². The molecular formula is C18H22N2O5S. The van der Waals surface area contributed by atoms with Crippen molar-refractivity contribution in [3.05, 3.63) is 59.7 Å². The second-order valence-corrected chi connectivity index (χ2v) is 7.42. The molecule has 7 nitrogen and oxygen atoms in total. The van der Waals surface area contributed by atoms with E-state index < -0.39 is 16.0 Å². The summed E-state index contributed by atoms with van der Waals surface area (Å²) >= 11 is 0. The molecule has 2 aromatic rings. The third-order valence-corrected chi connectivity index (χ3v) is 5.29. The van der Waals surface area contributed by atoms with Gasteiger partial charge < -0.3 is 15.2 Å². The third kappa shape index (κ3) is 5.04. The molecule has 0 amide bonds. The number of carbonyl (C=O) groups is 1. The molecule has 3 N–H and O–H groups in total. The minimum atomic E-state index is -3.90. The number of aromatic carboxylic acids is 1. The van der Waals surface area contributed by atoms with Crippen LogP contribution in [-0.4, -0.2) is 39.8 Å². The SMILES string of the molecule is COCCNS(=O)(=O)c1cc(C(=O)O)ccc1N[C@H](C)c1ccccc1. The molecule has 0 radical (unpaired) electrons. The van der Waals surface area contributed by atoms with Crippen molar-refractivity contribution < 1.29 is 23.1 Å². The van der Waals surface area contributed by atoms with Gasteiger partial charge in [-0.2, -0.15) is 0 Å². The lowest BCUT2D eigenvalue weighted by Gasteiger charge is -2.19. The van der Waals surface area contributed by atoms with Crippen LogP contribution in [0.25, 0.3) is 0 Å². The molecule has 0 unspecified atom stereocenters. The minimum Gasteiger partial charge on any atom is -0.478 e. The molecule has 0 aromatic heterocycles. The molecule has 0 aliphatic rings. The van der Waals surface area contributed by atoms with Crippen LogP contribution < -0.4 is 10.0 Å². The summed E-state index contributed by atoms with van der Waals surface area (Å²) in [6.45, 7) is 2.19. The Labute approximate surface area is 153 Å². The maximum atomic E-state index is 12.6. The van der Waals surface area contributed by atoms with Gasteiger partial charge in [0, 0.05) is 19.7 Å². The molecule has 0 aliphatic carbocycles. The summed E-state index contributed by atoms with van der Waals surface area (Å²) in [7, 11) is -2.44. The maximum absolute atomic E-state index is 12.6. The summed E-state index contributed by atoms with van der Waals surface area (Å²) in [5.74, 6) is -1.19. The molecule has 1 atom stereocenters. The summed E-state index contributed by atoms with van der Waals surface area (Å²) in [6.07, 6.45) is 0. The van der Waals surface area contributed by atoms with Crippen molar-refractivity contribution >= 4 is 21.7 Å². The lowest BCUT2D eigenvalue weighted by atomic mass is 10.1. The number of anilines is 1. The Morgan fingerprint density at radius 3 is 2.50 bits per heavy atom. The molecule has 26 heavy (non-hydrogen) atoms. The fourth-order valence-electron chi connectivity index (χ4n) is 2.41. The molecule has 0 fully saturated rings. The van der Waals surface area contributed by atoms with E-state index in [9.17, 15) is 18.3 Å². The monoisotopic (exact) mass is 378 g/mol. The second-order valence-electron chi connectivity index (χ2n) is 5.68. The summed E-state index contributed by atoms with van der Waals surface area (Å²) in [5, 5.41) is 12.3. The molecule has 140 valence electrons. The maximum Gasteiger partial charge on any atom is 0.335 e. The van der Waals surface area contributed by atoms with Crippen molar-refractivity contribution in [3.8, 4) is 0 Å². The average Bonchev–Trinajstić information content (AvgIpc) is 2.62. The number of benzene rings is 2. The van der Waals surface area contributed by atoms with Crippen LogP contribution in [0.5, 0.6) is 0 Å². The summed E-state index contributed by atoms with van der Waals surface area (Å²) in [5.41, 5.74) is 1.21. The van der Waals surface area contributed by atoms with Gasteiger partial charge in [0.25, 0.3) is 0 Å². The van der Waals surface area contributed by atoms with Crippen molar-refractivity contribution in [1.29, 1.82) is 0 Å². The van der Waals surface area contributed by atoms with E-state index >= 15 is 0 Å². The van der Waals surface area contributed by atoms with Gasteiger partial charge in [-0.05, 0) is 30.7 Å². The van der Waals surface area contributed by atoms with Gasteiger partial charge in [-0.1, -0.05) is 30.3 Å². The van der Waals surface area contributed by atoms with Crippen LogP contribution in [0.3, 0.4) is 0 Å². The van der Waals surface area contributed by atoms with Crippen LogP contribution in [0.1, 0.15) is 28.9 Å². The molecule has 2 rings (SSSR count). The van der Waals surface area contributed by atoms with E-state index in [2.05, 4.69) is 10.0 Å². The molecule has 0 saturated carbocycles. The van der Waals surface area contributed by atoms with E-state index in [1.165, 1.54) is 19.2 Å². The molecule has 0 bridgehead atoms. The first-order valence-corrected chi connectivity index (χ1v) is 9.51. The topological polar surface area (TPSA) is 105 Å². The summed E-state index contributed by atoms with van der Waals surface area (Å²) in [4.78, 5) is 11.1. The quantitative estimate of drug-likeness (QED) is 0.579. The summed E-state index contributed by atoms with van der Waals surface area (Å²) in [6, 6.07) is 13.4. The van der Waals surface area contributed by atoms with Gasteiger partial charge in [0.1, 0.15) is 4.90 Å². The number of rotatable bonds is 9. The van der Waals surface area contributed by atoms with E-state index in [0.29, 0.717) is 5.69 Å². The lowest BCUT2D eigenvalue weighted by molar-refractivity contribution is 0.0696. The van der Waals surface area contributed by atoms with E-state index in [-0.39, 0.29) is 29.7 Å². The standard InChI is InChI=1S/C18H22N2O5S/c1-13(14-6-4-3-5-7-14)20-16-9-8-15(18(21)22)12-17(16)26(23,24)19-10-11-25-2/h3-9,12-13,19-20H,10-11H2,1-2H3,(H,21,22)/t13-/m1/s1. The Balaban J connectivity index is 2.37. The van der Waals surface area contributed by atoms with E-state index in [4.69, 9.17) is 4.74 Å². The van der Waals surface area contributed by atoms with Crippen LogP contribution in [0.2, 0.25) is 0 Å². The van der Waals surface area contributed by atoms with Gasteiger partial charge in [-0.25, -0.2) is 17.9 Å². The Hall–Kier alpha value is -2.42. The number of ether oxygens (including phenoxy) is 1. The Kier molecular flexibility index (Phi) is 6.73. The van der Waals surface area contributed by atoms with Gasteiger partial charge >= 0.3 is 5.97 Å². The zero-order valence-corrected chi connectivity index (χ0v) is 15.4. The van der Waals surface area contributed by atoms with Crippen molar-refractivity contribution in [3.63, 3.8) is 0 Å². The molecular weight excluding hydrogens is 356 g/mol. The Morgan fingerprint density at radius 2 is 1.88 bits per heavy atom. The van der Waals surface area contributed by atoms with Crippen LogP contribution in [0, 0.1) is 0 Å². The van der Waals surface area contributed by atoms with Crippen molar-refractivity contribution in [2.75, 3.05) is 25.6 Å². The predicted molar refractivity (Wildman–Crippen MR) is 98.9 cm³/mol. The molecule has 0 saturated heterocycles. The highest BCUT2D eigenvalue weighted by Crippen LogP contribution is 2.27. The molecule has 0 heterocycles. The Morgan fingerprint density at radius 1 is 1.19 bits per heavy atom. The molecule has 2 aromatic carbocycles. The van der Waals surface area contributed by atoms with E-state index in [1.807, 2.05) is 37.3 Å². The number of hydrogen-bond acceptors (Lipinski definition) is 5. The van der Waals surface area contributed by atoms with Gasteiger partial charge in [-0.15, -0.1) is 0 Å². The number of methoxy groups -OCH3 is 1. The Bertz CT molecular complexity index is 853. The highest BCUT2D eigenvalue weighted by atomic mass is 32.2.